The molecule has 0 radical (unpaired) electrons. The molecule has 2 atom stereocenters. The minimum Gasteiger partial charge on any atom is -0.478 e. The largest absolute Gasteiger partial charge is 0.478 e. The SMILES string of the molecule is O=C(O)c1ccc(NC(=O)C(OC2CCOC2)c2ccc(S(=O)(=O)C3CCOCC3)cc2)nc1. The number of carbonyl (C=O) groups is 2. The van der Waals surface area contributed by atoms with Crippen LogP contribution < -0.4 is 5.32 Å². The fourth-order valence-electron chi connectivity index (χ4n) is 3.90. The fraction of sp³-hybridized carbons (Fsp3) is 0.435. The molecule has 3 heterocycles. The van der Waals surface area contributed by atoms with Gasteiger partial charge in [-0.15, -0.1) is 0 Å². The molecule has 2 N–H and O–H groups in total. The van der Waals surface area contributed by atoms with E-state index >= 15 is 0 Å². The quantitative estimate of drug-likeness (QED) is 0.570. The number of nitrogens with one attached hydrogen (secondary N) is 1. The van der Waals surface area contributed by atoms with Crippen LogP contribution in [-0.2, 0) is 28.8 Å². The van der Waals surface area contributed by atoms with Gasteiger partial charge in [-0.1, -0.05) is 12.1 Å². The van der Waals surface area contributed by atoms with Gasteiger partial charge in [-0.3, -0.25) is 4.79 Å². The normalized spacial score (nSPS) is 20.1. The van der Waals surface area contributed by atoms with E-state index in [1.165, 1.54) is 24.3 Å². The van der Waals surface area contributed by atoms with Crippen molar-refractivity contribution >= 4 is 27.5 Å². The molecule has 0 aliphatic carbocycles. The molecule has 1 aromatic carbocycles. The average molecular weight is 491 g/mol. The third-order valence-corrected chi connectivity index (χ3v) is 8.11. The molecule has 2 aliphatic rings. The third kappa shape index (κ3) is 5.61. The molecule has 2 unspecified atom stereocenters. The summed E-state index contributed by atoms with van der Waals surface area (Å²) in [6.07, 6.45) is 1.36. The van der Waals surface area contributed by atoms with Crippen LogP contribution >= 0.6 is 0 Å². The molecule has 11 heteroatoms. The molecule has 0 bridgehead atoms. The molecule has 4 rings (SSSR count). The molecule has 2 saturated heterocycles. The number of hydrogen-bond acceptors (Lipinski definition) is 8. The Morgan fingerprint density at radius 1 is 1.03 bits per heavy atom. The number of benzene rings is 1. The molecule has 2 aromatic rings. The summed E-state index contributed by atoms with van der Waals surface area (Å²) in [5, 5.41) is 11.2. The standard InChI is InChI=1S/C23H26N2O8S/c26-22(25-20-6-3-16(13-24-20)23(27)28)21(33-17-7-10-32-14-17)15-1-4-18(5-2-15)34(29,30)19-8-11-31-12-9-19/h1-6,13,17,19,21H,7-12,14H2,(H,27,28)(H,24,25,26). The maximum absolute atomic E-state index is 13.1. The van der Waals surface area contributed by atoms with Crippen LogP contribution in [0.5, 0.6) is 0 Å². The Morgan fingerprint density at radius 3 is 2.32 bits per heavy atom. The molecule has 2 fully saturated rings. The zero-order valence-corrected chi connectivity index (χ0v) is 19.2. The summed E-state index contributed by atoms with van der Waals surface area (Å²) < 4.78 is 42.6. The molecular weight excluding hydrogens is 464 g/mol. The van der Waals surface area contributed by atoms with E-state index in [1.807, 2.05) is 0 Å². The Hall–Kier alpha value is -2.86. The van der Waals surface area contributed by atoms with E-state index in [2.05, 4.69) is 10.3 Å². The van der Waals surface area contributed by atoms with E-state index in [-0.39, 0.29) is 22.4 Å². The number of aromatic carboxylic acids is 1. The van der Waals surface area contributed by atoms with E-state index in [0.717, 1.165) is 6.20 Å². The number of carboxylic acids is 1. The van der Waals surface area contributed by atoms with Crippen LogP contribution in [0.3, 0.4) is 0 Å². The Balaban J connectivity index is 1.53. The van der Waals surface area contributed by atoms with Crippen molar-refractivity contribution in [3.8, 4) is 0 Å². The summed E-state index contributed by atoms with van der Waals surface area (Å²) in [5.41, 5.74) is 0.479. The number of aromatic nitrogens is 1. The van der Waals surface area contributed by atoms with Gasteiger partial charge in [-0.2, -0.15) is 0 Å². The summed E-state index contributed by atoms with van der Waals surface area (Å²) >= 11 is 0. The Bertz CT molecular complexity index is 1110. The average Bonchev–Trinajstić information content (AvgIpc) is 3.37. The second-order valence-corrected chi connectivity index (χ2v) is 10.4. The molecule has 0 saturated carbocycles. The van der Waals surface area contributed by atoms with E-state index in [9.17, 15) is 18.0 Å². The fourth-order valence-corrected chi connectivity index (χ4v) is 5.61. The lowest BCUT2D eigenvalue weighted by molar-refractivity contribution is -0.132. The minimum absolute atomic E-state index is 0.00442. The Morgan fingerprint density at radius 2 is 1.74 bits per heavy atom. The first kappa shape index (κ1) is 24.3. The van der Waals surface area contributed by atoms with Gasteiger partial charge in [0.2, 0.25) is 0 Å². The highest BCUT2D eigenvalue weighted by Gasteiger charge is 2.31. The summed E-state index contributed by atoms with van der Waals surface area (Å²) in [4.78, 5) is 28.3. The first-order valence-corrected chi connectivity index (χ1v) is 12.5. The highest BCUT2D eigenvalue weighted by Crippen LogP contribution is 2.28. The highest BCUT2D eigenvalue weighted by molar-refractivity contribution is 7.92. The van der Waals surface area contributed by atoms with E-state index in [1.54, 1.807) is 12.1 Å². The lowest BCUT2D eigenvalue weighted by Gasteiger charge is -2.23. The van der Waals surface area contributed by atoms with Crippen molar-refractivity contribution in [2.45, 2.75) is 41.6 Å². The van der Waals surface area contributed by atoms with Gasteiger partial charge >= 0.3 is 5.97 Å². The second kappa shape index (κ2) is 10.6. The van der Waals surface area contributed by atoms with Crippen molar-refractivity contribution in [2.24, 2.45) is 0 Å². The van der Waals surface area contributed by atoms with Crippen LogP contribution in [0, 0.1) is 0 Å². The molecule has 0 spiro atoms. The van der Waals surface area contributed by atoms with Crippen LogP contribution in [0.1, 0.15) is 41.3 Å². The zero-order valence-electron chi connectivity index (χ0n) is 18.4. The first-order chi connectivity index (χ1) is 16.3. The number of pyridine rings is 1. The lowest BCUT2D eigenvalue weighted by Crippen LogP contribution is -2.29. The van der Waals surface area contributed by atoms with Gasteiger partial charge < -0.3 is 24.6 Å². The maximum Gasteiger partial charge on any atom is 0.337 e. The van der Waals surface area contributed by atoms with Gasteiger partial charge in [-0.25, -0.2) is 18.2 Å². The molecule has 2 aliphatic heterocycles. The van der Waals surface area contributed by atoms with Gasteiger partial charge in [0.15, 0.2) is 15.9 Å². The van der Waals surface area contributed by atoms with Crippen molar-refractivity contribution < 1.29 is 37.3 Å². The number of amides is 1. The summed E-state index contributed by atoms with van der Waals surface area (Å²) in [5.74, 6) is -1.46. The highest BCUT2D eigenvalue weighted by atomic mass is 32.2. The number of anilines is 1. The maximum atomic E-state index is 13.1. The van der Waals surface area contributed by atoms with Crippen molar-refractivity contribution in [1.82, 2.24) is 4.98 Å². The Kier molecular flexibility index (Phi) is 7.57. The van der Waals surface area contributed by atoms with Crippen LogP contribution in [0.2, 0.25) is 0 Å². The summed E-state index contributed by atoms with van der Waals surface area (Å²) in [6.45, 7) is 1.72. The molecular formula is C23H26N2O8S. The summed E-state index contributed by atoms with van der Waals surface area (Å²) in [6, 6.07) is 8.87. The molecule has 10 nitrogen and oxygen atoms in total. The number of rotatable bonds is 8. The van der Waals surface area contributed by atoms with Crippen LogP contribution in [-0.4, -0.2) is 68.2 Å². The number of carboxylic acid groups (broad SMARTS) is 1. The van der Waals surface area contributed by atoms with Gasteiger partial charge in [0.05, 0.1) is 28.4 Å². The Labute approximate surface area is 197 Å². The van der Waals surface area contributed by atoms with E-state index < -0.39 is 33.1 Å². The third-order valence-electron chi connectivity index (χ3n) is 5.83. The number of carbonyl (C=O) groups excluding carboxylic acids is 1. The second-order valence-electron chi connectivity index (χ2n) is 8.15. The first-order valence-electron chi connectivity index (χ1n) is 11.0. The van der Waals surface area contributed by atoms with Crippen LogP contribution in [0.25, 0.3) is 0 Å². The molecule has 1 amide bonds. The molecule has 182 valence electrons. The van der Waals surface area contributed by atoms with Crippen LogP contribution in [0.15, 0.2) is 47.5 Å². The van der Waals surface area contributed by atoms with Crippen molar-refractivity contribution in [2.75, 3.05) is 31.7 Å². The monoisotopic (exact) mass is 490 g/mol. The zero-order chi connectivity index (χ0) is 24.1. The predicted octanol–water partition coefficient (Wildman–Crippen LogP) is 2.22. The van der Waals surface area contributed by atoms with Gasteiger partial charge in [0, 0.05) is 26.0 Å². The van der Waals surface area contributed by atoms with Gasteiger partial charge in [0.1, 0.15) is 5.82 Å². The predicted molar refractivity (Wildman–Crippen MR) is 120 cm³/mol. The topological polar surface area (TPSA) is 141 Å². The van der Waals surface area contributed by atoms with Crippen molar-refractivity contribution in [1.29, 1.82) is 0 Å². The van der Waals surface area contributed by atoms with Gasteiger partial charge in [0.25, 0.3) is 5.91 Å². The van der Waals surface area contributed by atoms with Crippen LogP contribution in [0.4, 0.5) is 5.82 Å². The minimum atomic E-state index is -3.51. The van der Waals surface area contributed by atoms with Gasteiger partial charge in [-0.05, 0) is 49.1 Å². The lowest BCUT2D eigenvalue weighted by atomic mass is 10.1. The van der Waals surface area contributed by atoms with Crippen molar-refractivity contribution in [3.63, 3.8) is 0 Å². The van der Waals surface area contributed by atoms with E-state index in [4.69, 9.17) is 19.3 Å². The molecule has 1 aromatic heterocycles. The number of hydrogen-bond donors (Lipinski definition) is 2. The van der Waals surface area contributed by atoms with Crippen molar-refractivity contribution in [3.05, 3.63) is 53.7 Å². The smallest absolute Gasteiger partial charge is 0.337 e. The summed E-state index contributed by atoms with van der Waals surface area (Å²) in [7, 11) is -3.51. The number of ether oxygens (including phenoxy) is 3. The number of nitrogens with zero attached hydrogens (tertiary/aromatic N) is 1. The number of sulfone groups is 1. The molecule has 34 heavy (non-hydrogen) atoms. The van der Waals surface area contributed by atoms with E-state index in [0.29, 0.717) is 51.3 Å².